The van der Waals surface area contributed by atoms with Crippen molar-refractivity contribution in [2.24, 2.45) is 0 Å². The van der Waals surface area contributed by atoms with E-state index in [0.29, 0.717) is 30.1 Å². The SMILES string of the molecule is COc1ccc(NC(C)=O)cc1NC(=O)C[C@@H]1CCCCN1S(=O)(=O)c1ccccc1. The van der Waals surface area contributed by atoms with Crippen molar-refractivity contribution < 1.29 is 22.7 Å². The molecule has 3 rings (SSSR count). The van der Waals surface area contributed by atoms with Gasteiger partial charge in [-0.25, -0.2) is 8.42 Å². The van der Waals surface area contributed by atoms with Gasteiger partial charge in [-0.3, -0.25) is 9.59 Å². The highest BCUT2D eigenvalue weighted by Gasteiger charge is 2.34. The van der Waals surface area contributed by atoms with Crippen LogP contribution >= 0.6 is 0 Å². The predicted molar refractivity (Wildman–Crippen MR) is 119 cm³/mol. The summed E-state index contributed by atoms with van der Waals surface area (Å²) in [7, 11) is -2.20. The van der Waals surface area contributed by atoms with Crippen LogP contribution in [0.5, 0.6) is 5.75 Å². The second kappa shape index (κ2) is 9.93. The smallest absolute Gasteiger partial charge is 0.243 e. The molecule has 31 heavy (non-hydrogen) atoms. The van der Waals surface area contributed by atoms with E-state index in [0.717, 1.165) is 12.8 Å². The van der Waals surface area contributed by atoms with Crippen molar-refractivity contribution in [2.75, 3.05) is 24.3 Å². The molecule has 2 aromatic carbocycles. The van der Waals surface area contributed by atoms with Crippen molar-refractivity contribution in [3.05, 3.63) is 48.5 Å². The number of benzene rings is 2. The van der Waals surface area contributed by atoms with Crippen LogP contribution in [0.3, 0.4) is 0 Å². The number of methoxy groups -OCH3 is 1. The second-order valence-electron chi connectivity index (χ2n) is 7.43. The van der Waals surface area contributed by atoms with Gasteiger partial charge in [0.1, 0.15) is 5.75 Å². The molecule has 0 spiro atoms. The Morgan fingerprint density at radius 1 is 1.10 bits per heavy atom. The maximum absolute atomic E-state index is 13.1. The van der Waals surface area contributed by atoms with Crippen LogP contribution in [-0.4, -0.2) is 44.2 Å². The van der Waals surface area contributed by atoms with Crippen molar-refractivity contribution in [2.45, 2.75) is 43.5 Å². The molecule has 8 nitrogen and oxygen atoms in total. The lowest BCUT2D eigenvalue weighted by molar-refractivity contribution is -0.117. The summed E-state index contributed by atoms with van der Waals surface area (Å²) in [5.74, 6) is -0.107. The molecule has 166 valence electrons. The summed E-state index contributed by atoms with van der Waals surface area (Å²) >= 11 is 0. The zero-order valence-corrected chi connectivity index (χ0v) is 18.4. The minimum Gasteiger partial charge on any atom is -0.495 e. The van der Waals surface area contributed by atoms with E-state index in [2.05, 4.69) is 10.6 Å². The standard InChI is InChI=1S/C22H27N3O5S/c1-16(26)23-17-11-12-21(30-2)20(14-17)24-22(27)15-18-8-6-7-13-25(18)31(28,29)19-9-4-3-5-10-19/h3-5,9-12,14,18H,6-8,13,15H2,1-2H3,(H,23,26)(H,24,27)/t18-/m0/s1. The molecule has 9 heteroatoms. The Balaban J connectivity index is 1.76. The molecule has 0 saturated carbocycles. The average molecular weight is 446 g/mol. The largest absolute Gasteiger partial charge is 0.495 e. The summed E-state index contributed by atoms with van der Waals surface area (Å²) in [6.07, 6.45) is 2.26. The maximum Gasteiger partial charge on any atom is 0.243 e. The van der Waals surface area contributed by atoms with E-state index < -0.39 is 16.1 Å². The Morgan fingerprint density at radius 2 is 1.84 bits per heavy atom. The van der Waals surface area contributed by atoms with Crippen LogP contribution in [0.1, 0.15) is 32.6 Å². The van der Waals surface area contributed by atoms with Gasteiger partial charge in [0, 0.05) is 31.6 Å². The second-order valence-corrected chi connectivity index (χ2v) is 9.32. The number of nitrogens with one attached hydrogen (secondary N) is 2. The number of hydrogen-bond acceptors (Lipinski definition) is 5. The van der Waals surface area contributed by atoms with Crippen molar-refractivity contribution in [1.29, 1.82) is 0 Å². The number of carbonyl (C=O) groups excluding carboxylic acids is 2. The van der Waals surface area contributed by atoms with Gasteiger partial charge in [-0.15, -0.1) is 0 Å². The van der Waals surface area contributed by atoms with E-state index in [1.165, 1.54) is 18.3 Å². The highest BCUT2D eigenvalue weighted by molar-refractivity contribution is 7.89. The van der Waals surface area contributed by atoms with Crippen molar-refractivity contribution in [1.82, 2.24) is 4.31 Å². The van der Waals surface area contributed by atoms with Gasteiger partial charge in [-0.2, -0.15) is 4.31 Å². The van der Waals surface area contributed by atoms with Crippen LogP contribution in [0.25, 0.3) is 0 Å². The lowest BCUT2D eigenvalue weighted by atomic mass is 10.0. The molecule has 0 unspecified atom stereocenters. The summed E-state index contributed by atoms with van der Waals surface area (Å²) in [6.45, 7) is 1.78. The van der Waals surface area contributed by atoms with Gasteiger partial charge in [0.2, 0.25) is 21.8 Å². The molecule has 2 amide bonds. The van der Waals surface area contributed by atoms with E-state index in [4.69, 9.17) is 4.74 Å². The van der Waals surface area contributed by atoms with E-state index >= 15 is 0 Å². The Hall–Kier alpha value is -2.91. The molecule has 2 N–H and O–H groups in total. The molecule has 0 bridgehead atoms. The lowest BCUT2D eigenvalue weighted by Crippen LogP contribution is -2.45. The molecule has 1 heterocycles. The monoisotopic (exact) mass is 445 g/mol. The van der Waals surface area contributed by atoms with Crippen LogP contribution in [-0.2, 0) is 19.6 Å². The quantitative estimate of drug-likeness (QED) is 0.681. The predicted octanol–water partition coefficient (Wildman–Crippen LogP) is 3.23. The Morgan fingerprint density at radius 3 is 2.52 bits per heavy atom. The zero-order chi connectivity index (χ0) is 22.4. The summed E-state index contributed by atoms with van der Waals surface area (Å²) in [6, 6.07) is 12.8. The van der Waals surface area contributed by atoms with E-state index in [1.54, 1.807) is 48.5 Å². The molecular weight excluding hydrogens is 418 g/mol. The Labute approximate surface area is 182 Å². The molecule has 1 saturated heterocycles. The first-order valence-corrected chi connectivity index (χ1v) is 11.6. The fourth-order valence-corrected chi connectivity index (χ4v) is 5.44. The van der Waals surface area contributed by atoms with Crippen LogP contribution in [0, 0.1) is 0 Å². The maximum atomic E-state index is 13.1. The fourth-order valence-electron chi connectivity index (χ4n) is 3.72. The van der Waals surface area contributed by atoms with Crippen LogP contribution < -0.4 is 15.4 Å². The first-order chi connectivity index (χ1) is 14.8. The third-order valence-corrected chi connectivity index (χ3v) is 7.10. The highest BCUT2D eigenvalue weighted by atomic mass is 32.2. The number of sulfonamides is 1. The van der Waals surface area contributed by atoms with E-state index in [-0.39, 0.29) is 23.1 Å². The van der Waals surface area contributed by atoms with E-state index in [1.807, 2.05) is 0 Å². The normalized spacial score (nSPS) is 17.0. The number of carbonyl (C=O) groups is 2. The summed E-state index contributed by atoms with van der Waals surface area (Å²) in [5, 5.41) is 5.46. The van der Waals surface area contributed by atoms with Crippen molar-refractivity contribution in [3.8, 4) is 5.75 Å². The molecule has 1 atom stereocenters. The van der Waals surface area contributed by atoms with Gasteiger partial charge >= 0.3 is 0 Å². The van der Waals surface area contributed by atoms with Crippen molar-refractivity contribution in [3.63, 3.8) is 0 Å². The lowest BCUT2D eigenvalue weighted by Gasteiger charge is -2.34. The molecule has 0 aliphatic carbocycles. The molecule has 2 aromatic rings. The highest BCUT2D eigenvalue weighted by Crippen LogP contribution is 2.30. The fraction of sp³-hybridized carbons (Fsp3) is 0.364. The van der Waals surface area contributed by atoms with Gasteiger partial charge in [-0.1, -0.05) is 24.6 Å². The average Bonchev–Trinajstić information content (AvgIpc) is 2.74. The van der Waals surface area contributed by atoms with Crippen LogP contribution in [0.15, 0.2) is 53.4 Å². The number of nitrogens with zero attached hydrogens (tertiary/aromatic N) is 1. The van der Waals surface area contributed by atoms with Crippen LogP contribution in [0.4, 0.5) is 11.4 Å². The van der Waals surface area contributed by atoms with Gasteiger partial charge in [0.05, 0.1) is 17.7 Å². The molecule has 1 fully saturated rings. The molecule has 1 aliphatic heterocycles. The molecule has 0 radical (unpaired) electrons. The number of amides is 2. The first-order valence-electron chi connectivity index (χ1n) is 10.1. The number of hydrogen-bond donors (Lipinski definition) is 2. The first kappa shape index (κ1) is 22.8. The Bertz CT molecular complexity index is 1040. The molecule has 1 aliphatic rings. The Kier molecular flexibility index (Phi) is 7.29. The third kappa shape index (κ3) is 5.62. The minimum atomic E-state index is -3.68. The summed E-state index contributed by atoms with van der Waals surface area (Å²) < 4.78 is 33.0. The molecule has 0 aromatic heterocycles. The van der Waals surface area contributed by atoms with Gasteiger partial charge < -0.3 is 15.4 Å². The number of rotatable bonds is 7. The van der Waals surface area contributed by atoms with Crippen molar-refractivity contribution >= 4 is 33.2 Å². The number of anilines is 2. The minimum absolute atomic E-state index is 0.0274. The summed E-state index contributed by atoms with van der Waals surface area (Å²) in [5.41, 5.74) is 0.932. The molecular formula is C22H27N3O5S. The van der Waals surface area contributed by atoms with E-state index in [9.17, 15) is 18.0 Å². The van der Waals surface area contributed by atoms with Gasteiger partial charge in [-0.05, 0) is 43.2 Å². The topological polar surface area (TPSA) is 105 Å². The van der Waals surface area contributed by atoms with Crippen LogP contribution in [0.2, 0.25) is 0 Å². The number of piperidine rings is 1. The number of ether oxygens (including phenoxy) is 1. The van der Waals surface area contributed by atoms with Gasteiger partial charge in [0.15, 0.2) is 0 Å². The summed E-state index contributed by atoms with van der Waals surface area (Å²) in [4.78, 5) is 24.4. The zero-order valence-electron chi connectivity index (χ0n) is 17.6. The third-order valence-electron chi connectivity index (χ3n) is 5.14. The van der Waals surface area contributed by atoms with Gasteiger partial charge in [0.25, 0.3) is 0 Å².